The summed E-state index contributed by atoms with van der Waals surface area (Å²) in [5.74, 6) is 0.905. The first-order valence-corrected chi connectivity index (χ1v) is 10.2. The summed E-state index contributed by atoms with van der Waals surface area (Å²) in [5, 5.41) is 3.30. The van der Waals surface area contributed by atoms with Crippen LogP contribution in [-0.4, -0.2) is 39.4 Å². The molecule has 1 N–H and O–H groups in total. The molecule has 1 aliphatic rings. The molecule has 0 aliphatic carbocycles. The molecule has 1 aliphatic heterocycles. The molecule has 0 atom stereocenters. The monoisotopic (exact) mass is 410 g/mol. The van der Waals surface area contributed by atoms with Crippen LogP contribution in [0.5, 0.6) is 0 Å². The predicted molar refractivity (Wildman–Crippen MR) is 114 cm³/mol. The number of hydrogen-bond donors (Lipinski definition) is 1. The van der Waals surface area contributed by atoms with Crippen LogP contribution < -0.4 is 5.32 Å². The topological polar surface area (TPSA) is 67.2 Å². The average molecular weight is 411 g/mol. The number of piperidine rings is 1. The van der Waals surface area contributed by atoms with Gasteiger partial charge in [-0.15, -0.1) is 0 Å². The molecule has 0 radical (unpaired) electrons. The first-order chi connectivity index (χ1) is 14.0. The number of halogens is 1. The lowest BCUT2D eigenvalue weighted by Crippen LogP contribution is -2.36. The van der Waals surface area contributed by atoms with E-state index in [0.29, 0.717) is 35.7 Å². The number of aryl methyl sites for hydroxylation is 1. The Morgan fingerprint density at radius 1 is 1.21 bits per heavy atom. The zero-order chi connectivity index (χ0) is 20.4. The number of likely N-dealkylation sites (tertiary alicyclic amines) is 1. The maximum absolute atomic E-state index is 12.5. The van der Waals surface area contributed by atoms with Crippen LogP contribution in [0.3, 0.4) is 0 Å². The first-order valence-electron chi connectivity index (χ1n) is 9.82. The number of carbonyl (C=O) groups is 2. The number of carbonyl (C=O) groups excluding carboxylic acids is 2. The lowest BCUT2D eigenvalue weighted by Gasteiger charge is -2.26. The second kappa shape index (κ2) is 8.25. The van der Waals surface area contributed by atoms with Gasteiger partial charge in [0.2, 0.25) is 5.91 Å². The number of amides is 2. The van der Waals surface area contributed by atoms with Crippen molar-refractivity contribution in [2.24, 2.45) is 7.05 Å². The molecule has 0 saturated carbocycles. The zero-order valence-corrected chi connectivity index (χ0v) is 17.1. The van der Waals surface area contributed by atoms with E-state index in [1.807, 2.05) is 34.7 Å². The molecular weight excluding hydrogens is 388 g/mol. The summed E-state index contributed by atoms with van der Waals surface area (Å²) >= 11 is 6.11. The van der Waals surface area contributed by atoms with Crippen LogP contribution in [-0.2, 0) is 18.3 Å². The smallest absolute Gasteiger partial charge is 0.257 e. The van der Waals surface area contributed by atoms with E-state index in [-0.39, 0.29) is 11.8 Å². The molecule has 2 amide bonds. The standard InChI is InChI=1S/C22H23ClN4O2/c1-26-19-10-9-15(24-22(29)16-6-2-3-7-17(16)23)14-18(19)25-20(26)11-13-27-12-5-4-8-21(27)28/h2-3,6-7,9-10,14H,4-5,8,11-13H2,1H3,(H,24,29). The van der Waals surface area contributed by atoms with Crippen molar-refractivity contribution in [3.05, 3.63) is 58.9 Å². The summed E-state index contributed by atoms with van der Waals surface area (Å²) in [7, 11) is 1.98. The SMILES string of the molecule is Cn1c(CCN2CCCCC2=O)nc2cc(NC(=O)c3ccccc3Cl)ccc21. The lowest BCUT2D eigenvalue weighted by molar-refractivity contribution is -0.133. The van der Waals surface area contributed by atoms with Crippen molar-refractivity contribution in [3.8, 4) is 0 Å². The van der Waals surface area contributed by atoms with Crippen LogP contribution >= 0.6 is 11.6 Å². The maximum atomic E-state index is 12.5. The Kier molecular flexibility index (Phi) is 5.53. The highest BCUT2D eigenvalue weighted by molar-refractivity contribution is 6.34. The van der Waals surface area contributed by atoms with E-state index >= 15 is 0 Å². The fourth-order valence-electron chi connectivity index (χ4n) is 3.73. The third-order valence-corrected chi connectivity index (χ3v) is 5.71. The fraction of sp³-hybridized carbons (Fsp3) is 0.318. The van der Waals surface area contributed by atoms with E-state index in [4.69, 9.17) is 16.6 Å². The van der Waals surface area contributed by atoms with E-state index in [0.717, 1.165) is 36.2 Å². The van der Waals surface area contributed by atoms with Crippen LogP contribution in [0.15, 0.2) is 42.5 Å². The number of hydrogen-bond acceptors (Lipinski definition) is 3. The number of rotatable bonds is 5. The Labute approximate surface area is 174 Å². The summed E-state index contributed by atoms with van der Waals surface area (Å²) in [5.41, 5.74) is 2.89. The van der Waals surface area contributed by atoms with Gasteiger partial charge >= 0.3 is 0 Å². The molecular formula is C22H23ClN4O2. The molecule has 6 nitrogen and oxygen atoms in total. The predicted octanol–water partition coefficient (Wildman–Crippen LogP) is 4.03. The molecule has 3 aromatic rings. The third kappa shape index (κ3) is 4.12. The van der Waals surface area contributed by atoms with Gasteiger partial charge in [0.1, 0.15) is 5.82 Å². The van der Waals surface area contributed by atoms with Crippen molar-refractivity contribution >= 4 is 40.1 Å². The summed E-state index contributed by atoms with van der Waals surface area (Å²) in [6.07, 6.45) is 3.42. The van der Waals surface area contributed by atoms with Crippen LogP contribution in [0.1, 0.15) is 35.4 Å². The quantitative estimate of drug-likeness (QED) is 0.690. The van der Waals surface area contributed by atoms with Crippen molar-refractivity contribution in [1.29, 1.82) is 0 Å². The van der Waals surface area contributed by atoms with Gasteiger partial charge in [0.15, 0.2) is 0 Å². The fourth-order valence-corrected chi connectivity index (χ4v) is 3.95. The van der Waals surface area contributed by atoms with Gasteiger partial charge in [-0.25, -0.2) is 4.98 Å². The van der Waals surface area contributed by atoms with Crippen molar-refractivity contribution in [3.63, 3.8) is 0 Å². The zero-order valence-electron chi connectivity index (χ0n) is 16.3. The van der Waals surface area contributed by atoms with E-state index < -0.39 is 0 Å². The van der Waals surface area contributed by atoms with Crippen molar-refractivity contribution in [1.82, 2.24) is 14.5 Å². The lowest BCUT2D eigenvalue weighted by atomic mass is 10.1. The Balaban J connectivity index is 1.50. The van der Waals surface area contributed by atoms with E-state index in [2.05, 4.69) is 5.32 Å². The van der Waals surface area contributed by atoms with Gasteiger partial charge in [-0.2, -0.15) is 0 Å². The van der Waals surface area contributed by atoms with Crippen LogP contribution in [0.4, 0.5) is 5.69 Å². The normalized spacial score (nSPS) is 14.4. The highest BCUT2D eigenvalue weighted by Gasteiger charge is 2.19. The summed E-state index contributed by atoms with van der Waals surface area (Å²) in [6.45, 7) is 1.52. The van der Waals surface area contributed by atoms with Crippen LogP contribution in [0, 0.1) is 0 Å². The van der Waals surface area contributed by atoms with E-state index in [9.17, 15) is 9.59 Å². The van der Waals surface area contributed by atoms with Gasteiger partial charge in [-0.3, -0.25) is 9.59 Å². The molecule has 1 fully saturated rings. The molecule has 150 valence electrons. The number of nitrogens with zero attached hydrogens (tertiary/aromatic N) is 3. The molecule has 0 spiro atoms. The largest absolute Gasteiger partial charge is 0.342 e. The Morgan fingerprint density at radius 3 is 2.83 bits per heavy atom. The minimum absolute atomic E-state index is 0.236. The average Bonchev–Trinajstić information content (AvgIpc) is 3.02. The summed E-state index contributed by atoms with van der Waals surface area (Å²) in [4.78, 5) is 31.2. The highest BCUT2D eigenvalue weighted by Crippen LogP contribution is 2.22. The summed E-state index contributed by atoms with van der Waals surface area (Å²) < 4.78 is 2.05. The van der Waals surface area contributed by atoms with E-state index in [1.54, 1.807) is 24.3 Å². The summed E-state index contributed by atoms with van der Waals surface area (Å²) in [6, 6.07) is 12.6. The van der Waals surface area contributed by atoms with Gasteiger partial charge in [0.25, 0.3) is 5.91 Å². The Bertz CT molecular complexity index is 1080. The molecule has 1 aromatic heterocycles. The Hall–Kier alpha value is -2.86. The van der Waals surface area contributed by atoms with Gasteiger partial charge < -0.3 is 14.8 Å². The number of anilines is 1. The minimum Gasteiger partial charge on any atom is -0.342 e. The first kappa shape index (κ1) is 19.5. The highest BCUT2D eigenvalue weighted by atomic mass is 35.5. The van der Waals surface area contributed by atoms with Crippen LogP contribution in [0.25, 0.3) is 11.0 Å². The number of aromatic nitrogens is 2. The third-order valence-electron chi connectivity index (χ3n) is 5.38. The van der Waals surface area contributed by atoms with Crippen molar-refractivity contribution in [2.75, 3.05) is 18.4 Å². The van der Waals surface area contributed by atoms with Crippen LogP contribution in [0.2, 0.25) is 5.02 Å². The number of benzene rings is 2. The number of nitrogens with one attached hydrogen (secondary N) is 1. The van der Waals surface area contributed by atoms with Gasteiger partial charge in [0, 0.05) is 38.7 Å². The molecule has 0 bridgehead atoms. The van der Waals surface area contributed by atoms with Crippen molar-refractivity contribution < 1.29 is 9.59 Å². The minimum atomic E-state index is -0.255. The molecule has 7 heteroatoms. The maximum Gasteiger partial charge on any atom is 0.257 e. The van der Waals surface area contributed by atoms with Gasteiger partial charge in [-0.1, -0.05) is 23.7 Å². The second-order valence-electron chi connectivity index (χ2n) is 7.31. The number of imidazole rings is 1. The van der Waals surface area contributed by atoms with Crippen molar-refractivity contribution in [2.45, 2.75) is 25.7 Å². The van der Waals surface area contributed by atoms with Gasteiger partial charge in [0.05, 0.1) is 21.6 Å². The Morgan fingerprint density at radius 2 is 2.03 bits per heavy atom. The molecule has 29 heavy (non-hydrogen) atoms. The molecule has 1 saturated heterocycles. The van der Waals surface area contributed by atoms with E-state index in [1.165, 1.54) is 0 Å². The second-order valence-corrected chi connectivity index (χ2v) is 7.72. The van der Waals surface area contributed by atoms with Gasteiger partial charge in [-0.05, 0) is 43.2 Å². The molecule has 2 aromatic carbocycles. The molecule has 4 rings (SSSR count). The number of fused-ring (bicyclic) bond motifs is 1. The molecule has 2 heterocycles. The molecule has 0 unspecified atom stereocenters.